The second-order valence-corrected chi connectivity index (χ2v) is 8.29. The van der Waals surface area contributed by atoms with Crippen LogP contribution < -0.4 is 5.56 Å². The number of hydrogen-bond acceptors (Lipinski definition) is 6. The normalized spacial score (nSPS) is 22.3. The molecule has 3 aromatic heterocycles. The lowest BCUT2D eigenvalue weighted by Gasteiger charge is -2.22. The fourth-order valence-corrected chi connectivity index (χ4v) is 5.04. The van der Waals surface area contributed by atoms with Crippen LogP contribution in [0.2, 0.25) is 0 Å². The average molecular weight is 368 g/mol. The highest BCUT2D eigenvalue weighted by molar-refractivity contribution is 7.09. The number of aryl methyl sites for hydroxylation is 1. The molecule has 0 amide bonds. The molecule has 0 aromatic carbocycles. The third-order valence-electron chi connectivity index (χ3n) is 5.66. The minimum Gasteiger partial charge on any atom is -0.333 e. The van der Waals surface area contributed by atoms with Crippen LogP contribution in [-0.2, 0) is 25.6 Å². The quantitative estimate of drug-likeness (QED) is 0.703. The van der Waals surface area contributed by atoms with Crippen molar-refractivity contribution in [2.24, 2.45) is 7.05 Å². The third kappa shape index (κ3) is 2.36. The topological polar surface area (TPSA) is 68.8 Å². The first-order chi connectivity index (χ1) is 12.7. The van der Waals surface area contributed by atoms with Crippen molar-refractivity contribution in [3.8, 4) is 11.5 Å². The Hall–Kier alpha value is -2.32. The molecule has 0 bridgehead atoms. The van der Waals surface area contributed by atoms with Gasteiger partial charge < -0.3 is 4.57 Å². The van der Waals surface area contributed by atoms with E-state index in [0.717, 1.165) is 38.3 Å². The van der Waals surface area contributed by atoms with Crippen LogP contribution in [-0.4, -0.2) is 42.3 Å². The molecule has 1 atom stereocenters. The molecule has 2 aliphatic rings. The molecule has 0 radical (unpaired) electrons. The minimum absolute atomic E-state index is 0.0381. The van der Waals surface area contributed by atoms with Crippen molar-refractivity contribution in [3.05, 3.63) is 51.0 Å². The summed E-state index contributed by atoms with van der Waals surface area (Å²) in [5.74, 6) is 1.43. The summed E-state index contributed by atoms with van der Waals surface area (Å²) in [7, 11) is 1.86. The summed E-state index contributed by atoms with van der Waals surface area (Å²) in [5, 5.41) is 10.9. The first kappa shape index (κ1) is 15.9. The molecule has 2 aliphatic heterocycles. The Kier molecular flexibility index (Phi) is 3.58. The molecule has 5 heterocycles. The predicted octanol–water partition coefficient (Wildman–Crippen LogP) is 1.65. The first-order valence-corrected chi connectivity index (χ1v) is 9.75. The van der Waals surface area contributed by atoms with Crippen LogP contribution >= 0.6 is 11.3 Å². The number of fused-ring (bicyclic) bond motifs is 2. The molecule has 7 nitrogen and oxygen atoms in total. The summed E-state index contributed by atoms with van der Waals surface area (Å²) in [5.41, 5.74) is 0.230. The lowest BCUT2D eigenvalue weighted by Crippen LogP contribution is -2.33. The number of rotatable bonds is 3. The van der Waals surface area contributed by atoms with Crippen molar-refractivity contribution in [3.63, 3.8) is 0 Å². The maximum Gasteiger partial charge on any atom is 0.283 e. The molecule has 0 N–H and O–H groups in total. The van der Waals surface area contributed by atoms with Gasteiger partial charge in [0.2, 0.25) is 0 Å². The monoisotopic (exact) mass is 368 g/mol. The van der Waals surface area contributed by atoms with Crippen LogP contribution in [0.1, 0.15) is 23.5 Å². The zero-order valence-electron chi connectivity index (χ0n) is 14.6. The molecule has 1 unspecified atom stereocenters. The lowest BCUT2D eigenvalue weighted by atomic mass is 9.85. The van der Waals surface area contributed by atoms with Gasteiger partial charge in [0, 0.05) is 49.4 Å². The summed E-state index contributed by atoms with van der Waals surface area (Å²) in [6.45, 7) is 3.67. The van der Waals surface area contributed by atoms with Gasteiger partial charge in [-0.05, 0) is 30.8 Å². The summed E-state index contributed by atoms with van der Waals surface area (Å²) < 4.78 is 3.63. The summed E-state index contributed by atoms with van der Waals surface area (Å²) >= 11 is 1.80. The van der Waals surface area contributed by atoms with E-state index < -0.39 is 0 Å². The Morgan fingerprint density at radius 2 is 2.15 bits per heavy atom. The van der Waals surface area contributed by atoms with E-state index in [0.29, 0.717) is 18.1 Å². The molecule has 8 heteroatoms. The lowest BCUT2D eigenvalue weighted by molar-refractivity contribution is 0.301. The second kappa shape index (κ2) is 5.85. The Labute approximate surface area is 154 Å². The van der Waals surface area contributed by atoms with E-state index in [9.17, 15) is 4.79 Å². The molecule has 5 rings (SSSR count). The van der Waals surface area contributed by atoms with E-state index in [2.05, 4.69) is 37.6 Å². The van der Waals surface area contributed by atoms with Gasteiger partial charge in [-0.1, -0.05) is 6.07 Å². The van der Waals surface area contributed by atoms with Gasteiger partial charge in [0.15, 0.2) is 11.5 Å². The van der Waals surface area contributed by atoms with Crippen LogP contribution in [0.5, 0.6) is 0 Å². The molecule has 1 spiro atoms. The first-order valence-electron chi connectivity index (χ1n) is 8.87. The SMILES string of the molecule is Cn1ccnc1-c1nnc2n(c1=O)CCC21CCN(Cc2cccs2)C1. The highest BCUT2D eigenvalue weighted by Gasteiger charge is 2.47. The van der Waals surface area contributed by atoms with Gasteiger partial charge >= 0.3 is 0 Å². The Morgan fingerprint density at radius 3 is 2.92 bits per heavy atom. The summed E-state index contributed by atoms with van der Waals surface area (Å²) in [6.07, 6.45) is 5.49. The van der Waals surface area contributed by atoms with Crippen molar-refractivity contribution >= 4 is 11.3 Å². The maximum absolute atomic E-state index is 13.0. The Bertz CT molecular complexity index is 1010. The zero-order chi connectivity index (χ0) is 17.7. The van der Waals surface area contributed by atoms with Gasteiger partial charge in [0.25, 0.3) is 5.56 Å². The maximum atomic E-state index is 13.0. The summed E-state index contributed by atoms with van der Waals surface area (Å²) in [4.78, 5) is 21.1. The van der Waals surface area contributed by atoms with Crippen LogP contribution in [0.4, 0.5) is 0 Å². The smallest absolute Gasteiger partial charge is 0.283 e. The van der Waals surface area contributed by atoms with E-state index in [1.54, 1.807) is 22.1 Å². The van der Waals surface area contributed by atoms with E-state index in [-0.39, 0.29) is 11.0 Å². The van der Waals surface area contributed by atoms with Crippen molar-refractivity contribution < 1.29 is 0 Å². The van der Waals surface area contributed by atoms with Gasteiger partial charge in [-0.25, -0.2) is 4.98 Å². The average Bonchev–Trinajstić information content (AvgIpc) is 3.40. The molecule has 26 heavy (non-hydrogen) atoms. The van der Waals surface area contributed by atoms with Crippen LogP contribution in [0.25, 0.3) is 11.5 Å². The van der Waals surface area contributed by atoms with Crippen molar-refractivity contribution in [2.45, 2.75) is 31.3 Å². The molecular formula is C18H20N6OS. The van der Waals surface area contributed by atoms with Gasteiger partial charge in [-0.3, -0.25) is 14.3 Å². The van der Waals surface area contributed by atoms with Gasteiger partial charge in [0.1, 0.15) is 5.82 Å². The van der Waals surface area contributed by atoms with Crippen LogP contribution in [0.15, 0.2) is 34.7 Å². The molecule has 0 aliphatic carbocycles. The zero-order valence-corrected chi connectivity index (χ0v) is 15.4. The predicted molar refractivity (Wildman–Crippen MR) is 99.0 cm³/mol. The fourth-order valence-electron chi connectivity index (χ4n) is 4.29. The second-order valence-electron chi connectivity index (χ2n) is 7.26. The molecule has 134 valence electrons. The highest BCUT2D eigenvalue weighted by atomic mass is 32.1. The highest BCUT2D eigenvalue weighted by Crippen LogP contribution is 2.41. The Morgan fingerprint density at radius 1 is 1.27 bits per heavy atom. The molecule has 1 fully saturated rings. The Balaban J connectivity index is 1.47. The third-order valence-corrected chi connectivity index (χ3v) is 6.52. The van der Waals surface area contributed by atoms with Gasteiger partial charge in [0.05, 0.1) is 0 Å². The van der Waals surface area contributed by atoms with Gasteiger partial charge in [-0.2, -0.15) is 0 Å². The van der Waals surface area contributed by atoms with Crippen molar-refractivity contribution in [1.29, 1.82) is 0 Å². The number of nitrogens with zero attached hydrogens (tertiary/aromatic N) is 6. The number of likely N-dealkylation sites (tertiary alicyclic amines) is 1. The number of hydrogen-bond donors (Lipinski definition) is 0. The van der Waals surface area contributed by atoms with E-state index in [1.807, 2.05) is 17.8 Å². The molecule has 1 saturated heterocycles. The fraction of sp³-hybridized carbons (Fsp3) is 0.444. The number of aromatic nitrogens is 5. The molecule has 0 saturated carbocycles. The van der Waals surface area contributed by atoms with E-state index in [4.69, 9.17) is 0 Å². The minimum atomic E-state index is -0.0714. The van der Waals surface area contributed by atoms with E-state index in [1.165, 1.54) is 4.88 Å². The summed E-state index contributed by atoms with van der Waals surface area (Å²) in [6, 6.07) is 4.28. The standard InChI is InChI=1S/C18H20N6OS/c1-22-9-6-19-15(22)14-16(25)24-8-5-18(17(24)21-20-14)4-7-23(12-18)11-13-3-2-10-26-13/h2-3,6,9-10H,4-5,7-8,11-12H2,1H3. The van der Waals surface area contributed by atoms with E-state index >= 15 is 0 Å². The largest absolute Gasteiger partial charge is 0.333 e. The molecule has 3 aromatic rings. The van der Waals surface area contributed by atoms with Gasteiger partial charge in [-0.15, -0.1) is 21.5 Å². The van der Waals surface area contributed by atoms with Crippen LogP contribution in [0.3, 0.4) is 0 Å². The van der Waals surface area contributed by atoms with Crippen LogP contribution in [0, 0.1) is 0 Å². The van der Waals surface area contributed by atoms with Crippen molar-refractivity contribution in [2.75, 3.05) is 13.1 Å². The van der Waals surface area contributed by atoms with Crippen molar-refractivity contribution in [1.82, 2.24) is 29.2 Å². The molecular weight excluding hydrogens is 348 g/mol. The number of imidazole rings is 1. The number of thiophene rings is 1.